The van der Waals surface area contributed by atoms with Gasteiger partial charge >= 0.3 is 0 Å². The van der Waals surface area contributed by atoms with Crippen LogP contribution in [0.1, 0.15) is 37.8 Å². The molecule has 2 fully saturated rings. The van der Waals surface area contributed by atoms with Gasteiger partial charge in [0.05, 0.1) is 18.3 Å². The number of aliphatic hydroxyl groups excluding tert-OH is 1. The molecule has 2 aliphatic rings. The van der Waals surface area contributed by atoms with E-state index in [0.29, 0.717) is 25.6 Å². The van der Waals surface area contributed by atoms with Crippen LogP contribution in [0, 0.1) is 5.92 Å². The number of hydrogen-bond acceptors (Lipinski definition) is 5. The third kappa shape index (κ3) is 4.30. The number of nitrogens with zero attached hydrogens (tertiary/aromatic N) is 4. The summed E-state index contributed by atoms with van der Waals surface area (Å²) in [5.74, 6) is 0.295. The summed E-state index contributed by atoms with van der Waals surface area (Å²) in [7, 11) is 1.93. The molecule has 1 aliphatic heterocycles. The number of carbonyl (C=O) groups is 1. The molecule has 0 bridgehead atoms. The number of aliphatic hydroxyl groups is 1. The molecule has 0 radical (unpaired) electrons. The quantitative estimate of drug-likeness (QED) is 0.874. The van der Waals surface area contributed by atoms with Crippen LogP contribution in [0.15, 0.2) is 18.6 Å². The smallest absolute Gasteiger partial charge is 0.236 e. The highest BCUT2D eigenvalue weighted by molar-refractivity contribution is 5.78. The Morgan fingerprint density at radius 3 is 2.79 bits per heavy atom. The Morgan fingerprint density at radius 2 is 2.08 bits per heavy atom. The zero-order valence-electron chi connectivity index (χ0n) is 14.5. The van der Waals surface area contributed by atoms with Crippen LogP contribution in [0.25, 0.3) is 0 Å². The number of amides is 1. The second-order valence-electron chi connectivity index (χ2n) is 7.22. The lowest BCUT2D eigenvalue weighted by Crippen LogP contribution is -2.43. The van der Waals surface area contributed by atoms with E-state index in [4.69, 9.17) is 0 Å². The molecule has 1 amide bonds. The molecule has 1 saturated carbocycles. The van der Waals surface area contributed by atoms with Gasteiger partial charge in [0, 0.05) is 50.7 Å². The molecule has 24 heavy (non-hydrogen) atoms. The van der Waals surface area contributed by atoms with Crippen LogP contribution < -0.4 is 0 Å². The Balaban J connectivity index is 1.50. The van der Waals surface area contributed by atoms with Gasteiger partial charge in [0.25, 0.3) is 0 Å². The maximum atomic E-state index is 12.6. The lowest BCUT2D eigenvalue weighted by atomic mass is 9.94. The Labute approximate surface area is 143 Å². The van der Waals surface area contributed by atoms with E-state index >= 15 is 0 Å². The van der Waals surface area contributed by atoms with E-state index in [0.717, 1.165) is 25.1 Å². The highest BCUT2D eigenvalue weighted by Crippen LogP contribution is 2.23. The van der Waals surface area contributed by atoms with E-state index in [2.05, 4.69) is 14.9 Å². The van der Waals surface area contributed by atoms with E-state index in [1.54, 1.807) is 18.6 Å². The number of rotatable bonds is 5. The van der Waals surface area contributed by atoms with Crippen molar-refractivity contribution in [1.29, 1.82) is 0 Å². The molecule has 1 aromatic rings. The maximum absolute atomic E-state index is 12.6. The summed E-state index contributed by atoms with van der Waals surface area (Å²) in [6.45, 7) is 1.71. The Kier molecular flexibility index (Phi) is 5.79. The summed E-state index contributed by atoms with van der Waals surface area (Å²) >= 11 is 0. The predicted molar refractivity (Wildman–Crippen MR) is 91.3 cm³/mol. The summed E-state index contributed by atoms with van der Waals surface area (Å²) in [6.07, 6.45) is 11.4. The molecule has 6 heteroatoms. The third-order valence-electron chi connectivity index (χ3n) is 5.44. The van der Waals surface area contributed by atoms with Gasteiger partial charge in [-0.3, -0.25) is 19.7 Å². The van der Waals surface area contributed by atoms with E-state index in [-0.39, 0.29) is 11.8 Å². The van der Waals surface area contributed by atoms with Crippen LogP contribution in [0.5, 0.6) is 0 Å². The van der Waals surface area contributed by atoms with Crippen LogP contribution in [0.2, 0.25) is 0 Å². The minimum atomic E-state index is -0.403. The van der Waals surface area contributed by atoms with Gasteiger partial charge in [-0.2, -0.15) is 0 Å². The largest absolute Gasteiger partial charge is 0.391 e. The van der Waals surface area contributed by atoms with Gasteiger partial charge in [-0.25, -0.2) is 0 Å². The fourth-order valence-corrected chi connectivity index (χ4v) is 3.95. The van der Waals surface area contributed by atoms with Crippen molar-refractivity contribution in [3.05, 3.63) is 24.3 Å². The second-order valence-corrected chi connectivity index (χ2v) is 7.22. The van der Waals surface area contributed by atoms with Crippen molar-refractivity contribution in [3.8, 4) is 0 Å². The molecule has 0 aromatic carbocycles. The first kappa shape index (κ1) is 17.3. The molecule has 1 aliphatic carbocycles. The molecular weight excluding hydrogens is 304 g/mol. The Morgan fingerprint density at radius 1 is 1.29 bits per heavy atom. The van der Waals surface area contributed by atoms with Crippen molar-refractivity contribution >= 4 is 5.91 Å². The molecule has 6 nitrogen and oxygen atoms in total. The van der Waals surface area contributed by atoms with E-state index in [1.807, 2.05) is 11.9 Å². The average Bonchev–Trinajstić information content (AvgIpc) is 2.95. The SMILES string of the molecule is CN(C(=O)CN1C[C@@H](Cc2cnccn2)[C@H](O)C1)C1CCCCC1. The lowest BCUT2D eigenvalue weighted by molar-refractivity contribution is -0.133. The number of β-amino-alcohol motifs (C(OH)–C–C–N with tert-alkyl or cyclic N) is 1. The Hall–Kier alpha value is -1.53. The average molecular weight is 332 g/mol. The Bertz CT molecular complexity index is 533. The summed E-state index contributed by atoms with van der Waals surface area (Å²) in [5.41, 5.74) is 0.897. The number of hydrogen-bond donors (Lipinski definition) is 1. The zero-order chi connectivity index (χ0) is 16.9. The molecule has 3 rings (SSSR count). The standard InChI is InChI=1S/C18H28N4O2/c1-21(16-5-3-2-4-6-16)18(24)13-22-11-14(17(23)12-22)9-15-10-19-7-8-20-15/h7-8,10,14,16-17,23H,2-6,9,11-13H2,1H3/t14-,17-/m1/s1. The first-order valence-electron chi connectivity index (χ1n) is 9.04. The topological polar surface area (TPSA) is 69.6 Å². The van der Waals surface area contributed by atoms with Gasteiger partial charge < -0.3 is 10.0 Å². The van der Waals surface area contributed by atoms with Crippen LogP contribution in [0.3, 0.4) is 0 Å². The van der Waals surface area contributed by atoms with Crippen molar-refractivity contribution in [2.24, 2.45) is 5.92 Å². The molecule has 132 valence electrons. The van der Waals surface area contributed by atoms with Gasteiger partial charge in [-0.1, -0.05) is 19.3 Å². The van der Waals surface area contributed by atoms with Crippen molar-refractivity contribution < 1.29 is 9.90 Å². The number of likely N-dealkylation sites (N-methyl/N-ethyl adjacent to an activating group) is 1. The highest BCUT2D eigenvalue weighted by atomic mass is 16.3. The fraction of sp³-hybridized carbons (Fsp3) is 0.722. The molecule has 1 aromatic heterocycles. The van der Waals surface area contributed by atoms with Crippen LogP contribution in [0.4, 0.5) is 0 Å². The van der Waals surface area contributed by atoms with E-state index in [9.17, 15) is 9.90 Å². The van der Waals surface area contributed by atoms with Gasteiger partial charge in [-0.05, 0) is 19.3 Å². The van der Waals surface area contributed by atoms with Crippen molar-refractivity contribution in [3.63, 3.8) is 0 Å². The first-order valence-corrected chi connectivity index (χ1v) is 9.04. The lowest BCUT2D eigenvalue weighted by Gasteiger charge is -2.32. The van der Waals surface area contributed by atoms with Gasteiger partial charge in [-0.15, -0.1) is 0 Å². The molecule has 2 atom stereocenters. The summed E-state index contributed by atoms with van der Waals surface area (Å²) in [6, 6.07) is 0.397. The monoisotopic (exact) mass is 332 g/mol. The van der Waals surface area contributed by atoms with E-state index in [1.165, 1.54) is 19.3 Å². The van der Waals surface area contributed by atoms with Crippen molar-refractivity contribution in [2.75, 3.05) is 26.7 Å². The minimum Gasteiger partial charge on any atom is -0.391 e. The summed E-state index contributed by atoms with van der Waals surface area (Å²) < 4.78 is 0. The highest BCUT2D eigenvalue weighted by Gasteiger charge is 2.33. The second kappa shape index (κ2) is 8.03. The van der Waals surface area contributed by atoms with Crippen molar-refractivity contribution in [2.45, 2.75) is 50.7 Å². The van der Waals surface area contributed by atoms with Crippen molar-refractivity contribution in [1.82, 2.24) is 19.8 Å². The first-order chi connectivity index (χ1) is 11.6. The molecule has 1 saturated heterocycles. The van der Waals surface area contributed by atoms with Gasteiger partial charge in [0.1, 0.15) is 0 Å². The summed E-state index contributed by atoms with van der Waals surface area (Å²) in [5, 5.41) is 10.3. The number of likely N-dealkylation sites (tertiary alicyclic amines) is 1. The normalized spacial score (nSPS) is 25.8. The minimum absolute atomic E-state index is 0.120. The molecule has 0 unspecified atom stereocenters. The van der Waals surface area contributed by atoms with Gasteiger partial charge in [0.2, 0.25) is 5.91 Å². The number of aromatic nitrogens is 2. The van der Waals surface area contributed by atoms with Crippen LogP contribution in [-0.2, 0) is 11.2 Å². The maximum Gasteiger partial charge on any atom is 0.236 e. The fourth-order valence-electron chi connectivity index (χ4n) is 3.95. The molecule has 2 heterocycles. The van der Waals surface area contributed by atoms with Crippen LogP contribution in [-0.4, -0.2) is 69.6 Å². The molecule has 0 spiro atoms. The molecule has 1 N–H and O–H groups in total. The third-order valence-corrected chi connectivity index (χ3v) is 5.44. The number of carbonyl (C=O) groups excluding carboxylic acids is 1. The predicted octanol–water partition coefficient (Wildman–Crippen LogP) is 1.10. The van der Waals surface area contributed by atoms with Gasteiger partial charge in [0.15, 0.2) is 0 Å². The van der Waals surface area contributed by atoms with E-state index < -0.39 is 6.10 Å². The zero-order valence-corrected chi connectivity index (χ0v) is 14.5. The van der Waals surface area contributed by atoms with Crippen LogP contribution >= 0.6 is 0 Å². The molecular formula is C18H28N4O2. The summed E-state index contributed by atoms with van der Waals surface area (Å²) in [4.78, 5) is 24.9.